The molecule has 0 amide bonds. The zero-order valence-electron chi connectivity index (χ0n) is 9.90. The van der Waals surface area contributed by atoms with Crippen LogP contribution in [0.2, 0.25) is 0 Å². The number of benzene rings is 1. The molecular formula is C11H18N2O2S. The maximum Gasteiger partial charge on any atom is 0.244 e. The number of hydrogen-bond donors (Lipinski definition) is 1. The largest absolute Gasteiger partial charge is 0.387 e. The summed E-state index contributed by atoms with van der Waals surface area (Å²) in [7, 11) is -0.0542. The van der Waals surface area contributed by atoms with Crippen LogP contribution >= 0.6 is 0 Å². The fourth-order valence-electron chi connectivity index (χ4n) is 1.50. The van der Waals surface area contributed by atoms with Gasteiger partial charge >= 0.3 is 0 Å². The molecule has 1 aromatic rings. The topological polar surface area (TPSA) is 49.4 Å². The lowest BCUT2D eigenvalue weighted by molar-refractivity contribution is 0.469. The van der Waals surface area contributed by atoms with Crippen LogP contribution in [0.5, 0.6) is 0 Å². The summed E-state index contributed by atoms with van der Waals surface area (Å²) in [6.45, 7) is 2.48. The Hall–Kier alpha value is -1.07. The molecule has 4 nitrogen and oxygen atoms in total. The minimum atomic E-state index is -3.37. The van der Waals surface area contributed by atoms with E-state index in [9.17, 15) is 8.42 Å². The predicted molar refractivity (Wildman–Crippen MR) is 66.1 cm³/mol. The number of anilines is 1. The van der Waals surface area contributed by atoms with Crippen molar-refractivity contribution in [3.8, 4) is 0 Å². The van der Waals surface area contributed by atoms with Crippen molar-refractivity contribution in [3.05, 3.63) is 24.3 Å². The third-order valence-corrected chi connectivity index (χ3v) is 4.30. The highest BCUT2D eigenvalue weighted by molar-refractivity contribution is 7.89. The molecule has 0 radical (unpaired) electrons. The second-order valence-corrected chi connectivity index (χ2v) is 5.59. The van der Waals surface area contributed by atoms with Gasteiger partial charge in [-0.3, -0.25) is 0 Å². The standard InChI is InChI=1S/C11H18N2O2S/c1-4-9-13(3)16(14,15)11-8-6-5-7-10(11)12-2/h5-8,12H,4,9H2,1-3H3. The molecule has 1 N–H and O–H groups in total. The van der Waals surface area contributed by atoms with Gasteiger partial charge in [0.15, 0.2) is 0 Å². The highest BCUT2D eigenvalue weighted by Crippen LogP contribution is 2.23. The van der Waals surface area contributed by atoms with Crippen LogP contribution in [0.15, 0.2) is 29.2 Å². The summed E-state index contributed by atoms with van der Waals surface area (Å²) >= 11 is 0. The normalized spacial score (nSPS) is 11.8. The lowest BCUT2D eigenvalue weighted by Gasteiger charge is -2.18. The summed E-state index contributed by atoms with van der Waals surface area (Å²) in [5.74, 6) is 0. The van der Waals surface area contributed by atoms with Crippen molar-refractivity contribution in [2.75, 3.05) is 26.0 Å². The Balaban J connectivity index is 3.16. The number of hydrogen-bond acceptors (Lipinski definition) is 3. The Morgan fingerprint density at radius 1 is 1.31 bits per heavy atom. The van der Waals surface area contributed by atoms with Crippen molar-refractivity contribution in [1.82, 2.24) is 4.31 Å². The van der Waals surface area contributed by atoms with E-state index in [1.165, 1.54) is 4.31 Å². The van der Waals surface area contributed by atoms with E-state index >= 15 is 0 Å². The van der Waals surface area contributed by atoms with Crippen LogP contribution in [0.1, 0.15) is 13.3 Å². The van der Waals surface area contributed by atoms with Crippen molar-refractivity contribution in [2.24, 2.45) is 0 Å². The van der Waals surface area contributed by atoms with Gasteiger partial charge in [0.2, 0.25) is 10.0 Å². The molecule has 0 fully saturated rings. The fourth-order valence-corrected chi connectivity index (χ4v) is 2.96. The van der Waals surface area contributed by atoms with Gasteiger partial charge in [-0.25, -0.2) is 12.7 Å². The molecule has 16 heavy (non-hydrogen) atoms. The third kappa shape index (κ3) is 2.54. The molecule has 0 aromatic heterocycles. The average molecular weight is 242 g/mol. The SMILES string of the molecule is CCCN(C)S(=O)(=O)c1ccccc1NC. The molecular weight excluding hydrogens is 224 g/mol. The molecule has 0 saturated heterocycles. The van der Waals surface area contributed by atoms with Gasteiger partial charge in [0.05, 0.1) is 5.69 Å². The van der Waals surface area contributed by atoms with Gasteiger partial charge < -0.3 is 5.32 Å². The van der Waals surface area contributed by atoms with Gasteiger partial charge in [0, 0.05) is 20.6 Å². The summed E-state index contributed by atoms with van der Waals surface area (Å²) in [5.41, 5.74) is 0.630. The molecule has 5 heteroatoms. The van der Waals surface area contributed by atoms with Crippen LogP contribution in [0.4, 0.5) is 5.69 Å². The zero-order valence-corrected chi connectivity index (χ0v) is 10.7. The van der Waals surface area contributed by atoms with Gasteiger partial charge in [-0.15, -0.1) is 0 Å². The number of para-hydroxylation sites is 1. The molecule has 0 bridgehead atoms. The third-order valence-electron chi connectivity index (χ3n) is 2.38. The summed E-state index contributed by atoms with van der Waals surface area (Å²) in [6, 6.07) is 6.91. The molecule has 0 aliphatic rings. The van der Waals surface area contributed by atoms with Crippen LogP contribution < -0.4 is 5.32 Å². The molecule has 0 spiro atoms. The second-order valence-electron chi connectivity index (χ2n) is 3.57. The van der Waals surface area contributed by atoms with Crippen LogP contribution in [0.3, 0.4) is 0 Å². The minimum Gasteiger partial charge on any atom is -0.387 e. The summed E-state index contributed by atoms with van der Waals surface area (Å²) in [6.07, 6.45) is 0.803. The fraction of sp³-hybridized carbons (Fsp3) is 0.455. The Bertz CT molecular complexity index is 443. The maximum atomic E-state index is 12.2. The number of nitrogens with one attached hydrogen (secondary N) is 1. The second kappa shape index (κ2) is 5.32. The number of nitrogens with zero attached hydrogens (tertiary/aromatic N) is 1. The van der Waals surface area contributed by atoms with Crippen LogP contribution in [0, 0.1) is 0 Å². The molecule has 0 heterocycles. The molecule has 0 atom stereocenters. The quantitative estimate of drug-likeness (QED) is 0.856. The predicted octanol–water partition coefficient (Wildman–Crippen LogP) is 1.76. The van der Waals surface area contributed by atoms with E-state index in [-0.39, 0.29) is 0 Å². The lowest BCUT2D eigenvalue weighted by atomic mass is 10.3. The first-order valence-electron chi connectivity index (χ1n) is 5.27. The van der Waals surface area contributed by atoms with Crippen molar-refractivity contribution in [1.29, 1.82) is 0 Å². The van der Waals surface area contributed by atoms with Gasteiger partial charge in [-0.2, -0.15) is 0 Å². The van der Waals surface area contributed by atoms with E-state index in [4.69, 9.17) is 0 Å². The van der Waals surface area contributed by atoms with Crippen LogP contribution in [0.25, 0.3) is 0 Å². The van der Waals surface area contributed by atoms with Crippen LogP contribution in [-0.2, 0) is 10.0 Å². The highest BCUT2D eigenvalue weighted by atomic mass is 32.2. The van der Waals surface area contributed by atoms with Gasteiger partial charge in [0.25, 0.3) is 0 Å². The zero-order chi connectivity index (χ0) is 12.2. The molecule has 1 rings (SSSR count). The summed E-state index contributed by atoms with van der Waals surface area (Å²) in [4.78, 5) is 0.327. The Morgan fingerprint density at radius 2 is 1.94 bits per heavy atom. The Labute approximate surface area is 97.3 Å². The van der Waals surface area contributed by atoms with Crippen molar-refractivity contribution < 1.29 is 8.42 Å². The molecule has 0 aliphatic carbocycles. The highest BCUT2D eigenvalue weighted by Gasteiger charge is 2.22. The molecule has 1 aromatic carbocycles. The number of rotatable bonds is 5. The van der Waals surface area contributed by atoms with E-state index < -0.39 is 10.0 Å². The maximum absolute atomic E-state index is 12.2. The Kier molecular flexibility index (Phi) is 4.32. The van der Waals surface area contributed by atoms with Crippen molar-refractivity contribution in [3.63, 3.8) is 0 Å². The van der Waals surface area contributed by atoms with Crippen LogP contribution in [-0.4, -0.2) is 33.4 Å². The van der Waals surface area contributed by atoms with Crippen molar-refractivity contribution >= 4 is 15.7 Å². The smallest absolute Gasteiger partial charge is 0.244 e. The van der Waals surface area contributed by atoms with Gasteiger partial charge in [0.1, 0.15) is 4.90 Å². The molecule has 0 saturated carbocycles. The molecule has 90 valence electrons. The first kappa shape index (κ1) is 13.0. The minimum absolute atomic E-state index is 0.327. The van der Waals surface area contributed by atoms with Gasteiger partial charge in [-0.05, 0) is 18.6 Å². The number of sulfonamides is 1. The van der Waals surface area contributed by atoms with E-state index in [0.717, 1.165) is 6.42 Å². The molecule has 0 unspecified atom stereocenters. The van der Waals surface area contributed by atoms with E-state index in [0.29, 0.717) is 17.1 Å². The van der Waals surface area contributed by atoms with E-state index in [1.54, 1.807) is 32.3 Å². The Morgan fingerprint density at radius 3 is 2.50 bits per heavy atom. The first-order chi connectivity index (χ1) is 7.54. The summed E-state index contributed by atoms with van der Waals surface area (Å²) < 4.78 is 25.8. The first-order valence-corrected chi connectivity index (χ1v) is 6.71. The monoisotopic (exact) mass is 242 g/mol. The van der Waals surface area contributed by atoms with E-state index in [2.05, 4.69) is 5.32 Å². The molecule has 0 aliphatic heterocycles. The van der Waals surface area contributed by atoms with Gasteiger partial charge in [-0.1, -0.05) is 19.1 Å². The summed E-state index contributed by atoms with van der Waals surface area (Å²) in [5, 5.41) is 2.89. The van der Waals surface area contributed by atoms with E-state index in [1.807, 2.05) is 13.0 Å². The lowest BCUT2D eigenvalue weighted by Crippen LogP contribution is -2.28. The van der Waals surface area contributed by atoms with Crippen molar-refractivity contribution in [2.45, 2.75) is 18.2 Å². The average Bonchev–Trinajstić information content (AvgIpc) is 2.29.